The van der Waals surface area contributed by atoms with Crippen LogP contribution in [0.25, 0.3) is 0 Å². The molecular weight excluding hydrogens is 304 g/mol. The highest BCUT2D eigenvalue weighted by Gasteiger charge is 2.29. The van der Waals surface area contributed by atoms with Crippen molar-refractivity contribution in [1.29, 1.82) is 0 Å². The Kier molecular flexibility index (Phi) is 3.65. The first-order valence-electron chi connectivity index (χ1n) is 5.68. The van der Waals surface area contributed by atoms with Gasteiger partial charge in [-0.25, -0.2) is 0 Å². The van der Waals surface area contributed by atoms with E-state index in [1.165, 1.54) is 10.9 Å². The summed E-state index contributed by atoms with van der Waals surface area (Å²) >= 11 is 3.07. The molecule has 0 spiro atoms. The quantitative estimate of drug-likeness (QED) is 0.628. The number of hydrogen-bond donors (Lipinski definition) is 0. The van der Waals surface area contributed by atoms with E-state index < -0.39 is 11.0 Å². The Hall–Kier alpha value is -1.44. The van der Waals surface area contributed by atoms with E-state index >= 15 is 0 Å². The lowest BCUT2D eigenvalue weighted by Crippen LogP contribution is -2.34. The minimum absolute atomic E-state index is 0.0441. The fourth-order valence-electron chi connectivity index (χ4n) is 2.00. The van der Waals surface area contributed by atoms with Gasteiger partial charge in [0.15, 0.2) is 0 Å². The molecule has 1 saturated heterocycles. The summed E-state index contributed by atoms with van der Waals surface area (Å²) in [6, 6.07) is -0.520. The second-order valence-corrected chi connectivity index (χ2v) is 5.10. The molecule has 2 heterocycles. The lowest BCUT2D eigenvalue weighted by atomic mass is 10.3. The lowest BCUT2D eigenvalue weighted by Gasteiger charge is -2.18. The third-order valence-electron chi connectivity index (χ3n) is 3.01. The Morgan fingerprint density at radius 3 is 2.67 bits per heavy atom. The minimum Gasteiger partial charge on any atom is -0.358 e. The van der Waals surface area contributed by atoms with Gasteiger partial charge in [-0.15, -0.1) is 0 Å². The third kappa shape index (κ3) is 2.38. The van der Waals surface area contributed by atoms with E-state index in [2.05, 4.69) is 21.0 Å². The maximum Gasteiger partial charge on any atom is 0.404 e. The summed E-state index contributed by atoms with van der Waals surface area (Å²) in [6.07, 6.45) is 3.50. The molecule has 2 rings (SSSR count). The van der Waals surface area contributed by atoms with E-state index in [0.717, 1.165) is 25.9 Å². The van der Waals surface area contributed by atoms with Gasteiger partial charge in [0.2, 0.25) is 5.91 Å². The molecule has 1 atom stereocenters. The first-order valence-corrected chi connectivity index (χ1v) is 6.48. The molecule has 98 valence electrons. The van der Waals surface area contributed by atoms with E-state index in [1.807, 2.05) is 0 Å². The molecular formula is C10H13BrN4O3. The Balaban J connectivity index is 2.17. The van der Waals surface area contributed by atoms with Crippen LogP contribution in [0.4, 0.5) is 5.82 Å². The molecule has 1 unspecified atom stereocenters. The van der Waals surface area contributed by atoms with Crippen LogP contribution in [-0.4, -0.2) is 38.6 Å². The van der Waals surface area contributed by atoms with Gasteiger partial charge in [-0.05, 0) is 40.6 Å². The maximum absolute atomic E-state index is 12.1. The van der Waals surface area contributed by atoms with Crippen molar-refractivity contribution in [2.75, 3.05) is 13.1 Å². The molecule has 1 aromatic rings. The topological polar surface area (TPSA) is 81.3 Å². The normalized spacial score (nSPS) is 16.9. The zero-order valence-electron chi connectivity index (χ0n) is 9.87. The van der Waals surface area contributed by atoms with Crippen molar-refractivity contribution in [3.8, 4) is 0 Å². The predicted molar refractivity (Wildman–Crippen MR) is 67.1 cm³/mol. The average Bonchev–Trinajstić information content (AvgIpc) is 2.95. The van der Waals surface area contributed by atoms with Crippen LogP contribution in [0.2, 0.25) is 0 Å². The van der Waals surface area contributed by atoms with E-state index in [1.54, 1.807) is 11.8 Å². The van der Waals surface area contributed by atoms with Gasteiger partial charge in [-0.1, -0.05) is 0 Å². The number of amides is 1. The number of carbonyl (C=O) groups is 1. The van der Waals surface area contributed by atoms with E-state index in [9.17, 15) is 14.9 Å². The SMILES string of the molecule is CC(C(=O)N1CCCC1)n1cc(Br)c([N+](=O)[O-])n1. The van der Waals surface area contributed by atoms with Gasteiger partial charge >= 0.3 is 5.82 Å². The summed E-state index contributed by atoms with van der Waals surface area (Å²) in [6.45, 7) is 3.21. The van der Waals surface area contributed by atoms with E-state index in [0.29, 0.717) is 0 Å². The molecule has 8 heteroatoms. The highest BCUT2D eigenvalue weighted by atomic mass is 79.9. The van der Waals surface area contributed by atoms with Crippen molar-refractivity contribution in [3.05, 3.63) is 20.8 Å². The summed E-state index contributed by atoms with van der Waals surface area (Å²) in [5, 5.41) is 14.5. The largest absolute Gasteiger partial charge is 0.404 e. The van der Waals surface area contributed by atoms with Crippen molar-refractivity contribution in [3.63, 3.8) is 0 Å². The van der Waals surface area contributed by atoms with Gasteiger partial charge < -0.3 is 15.0 Å². The molecule has 1 fully saturated rings. The Bertz CT molecular complexity index is 481. The summed E-state index contributed by atoms with van der Waals surface area (Å²) in [7, 11) is 0. The van der Waals surface area contributed by atoms with Crippen LogP contribution in [0.5, 0.6) is 0 Å². The molecule has 0 aliphatic carbocycles. The molecule has 7 nitrogen and oxygen atoms in total. The molecule has 0 N–H and O–H groups in total. The molecule has 1 aliphatic rings. The van der Waals surface area contributed by atoms with Crippen molar-refractivity contribution < 1.29 is 9.72 Å². The summed E-state index contributed by atoms with van der Waals surface area (Å²) < 4.78 is 1.62. The first-order chi connectivity index (χ1) is 8.50. The van der Waals surface area contributed by atoms with E-state index in [-0.39, 0.29) is 16.2 Å². The molecule has 0 radical (unpaired) electrons. The van der Waals surface area contributed by atoms with Crippen LogP contribution in [-0.2, 0) is 4.79 Å². The van der Waals surface area contributed by atoms with Crippen LogP contribution in [0, 0.1) is 10.1 Å². The number of carbonyl (C=O) groups excluding carboxylic acids is 1. The van der Waals surface area contributed by atoms with Crippen molar-refractivity contribution >= 4 is 27.7 Å². The zero-order valence-corrected chi connectivity index (χ0v) is 11.5. The maximum atomic E-state index is 12.1. The number of hydrogen-bond acceptors (Lipinski definition) is 4. The fourth-order valence-corrected chi connectivity index (χ4v) is 2.43. The molecule has 1 aliphatic heterocycles. The Morgan fingerprint density at radius 1 is 1.56 bits per heavy atom. The molecule has 1 amide bonds. The van der Waals surface area contributed by atoms with Crippen molar-refractivity contribution in [2.45, 2.75) is 25.8 Å². The monoisotopic (exact) mass is 316 g/mol. The van der Waals surface area contributed by atoms with Gasteiger partial charge in [0.1, 0.15) is 10.5 Å². The Labute approximate surface area is 112 Å². The van der Waals surface area contributed by atoms with Crippen molar-refractivity contribution in [1.82, 2.24) is 14.7 Å². The smallest absolute Gasteiger partial charge is 0.358 e. The molecule has 0 saturated carbocycles. The lowest BCUT2D eigenvalue weighted by molar-refractivity contribution is -0.390. The number of nitrogens with zero attached hydrogens (tertiary/aromatic N) is 4. The highest BCUT2D eigenvalue weighted by molar-refractivity contribution is 9.10. The number of nitro groups is 1. The number of halogens is 1. The second-order valence-electron chi connectivity index (χ2n) is 4.25. The van der Waals surface area contributed by atoms with Crippen LogP contribution in [0.3, 0.4) is 0 Å². The van der Waals surface area contributed by atoms with Gasteiger partial charge in [-0.2, -0.15) is 4.68 Å². The molecule has 18 heavy (non-hydrogen) atoms. The summed E-state index contributed by atoms with van der Waals surface area (Å²) in [5.41, 5.74) is 0. The molecule has 0 aromatic carbocycles. The standard InChI is InChI=1S/C10H13BrN4O3/c1-7(10(16)13-4-2-3-5-13)14-6-8(11)9(12-14)15(17)18/h6-7H,2-5H2,1H3. The summed E-state index contributed by atoms with van der Waals surface area (Å²) in [4.78, 5) is 24.0. The zero-order chi connectivity index (χ0) is 13.3. The van der Waals surface area contributed by atoms with Gasteiger partial charge in [-0.3, -0.25) is 4.79 Å². The fraction of sp³-hybridized carbons (Fsp3) is 0.600. The van der Waals surface area contributed by atoms with Crippen LogP contribution >= 0.6 is 15.9 Å². The van der Waals surface area contributed by atoms with Gasteiger partial charge in [0, 0.05) is 13.1 Å². The van der Waals surface area contributed by atoms with Crippen LogP contribution in [0.1, 0.15) is 25.8 Å². The number of rotatable bonds is 3. The van der Waals surface area contributed by atoms with Crippen LogP contribution < -0.4 is 0 Å². The van der Waals surface area contributed by atoms with E-state index in [4.69, 9.17) is 0 Å². The minimum atomic E-state index is -0.576. The molecule has 0 bridgehead atoms. The first kappa shape index (κ1) is 13.0. The van der Waals surface area contributed by atoms with Crippen LogP contribution in [0.15, 0.2) is 10.7 Å². The third-order valence-corrected chi connectivity index (χ3v) is 3.57. The van der Waals surface area contributed by atoms with Gasteiger partial charge in [0.05, 0.1) is 11.3 Å². The average molecular weight is 317 g/mol. The summed E-state index contributed by atoms with van der Waals surface area (Å²) in [5.74, 6) is -0.312. The second kappa shape index (κ2) is 5.05. The number of likely N-dealkylation sites (tertiary alicyclic amines) is 1. The molecule has 1 aromatic heterocycles. The van der Waals surface area contributed by atoms with Gasteiger partial charge in [0.25, 0.3) is 0 Å². The number of aromatic nitrogens is 2. The van der Waals surface area contributed by atoms with Crippen molar-refractivity contribution in [2.24, 2.45) is 0 Å². The predicted octanol–water partition coefficient (Wildman–Crippen LogP) is 1.74. The highest BCUT2D eigenvalue weighted by Crippen LogP contribution is 2.25. The Morgan fingerprint density at radius 2 is 2.17 bits per heavy atom.